The number of nitrogens with zero attached hydrogens (tertiary/aromatic N) is 1. The summed E-state index contributed by atoms with van der Waals surface area (Å²) in [5, 5.41) is 20.8. The SMILES string of the molecule is O=C(NO)[C@@H](CNC(O)[NH][Al])N(Cc1ccc2c(c1)OCO2)[S-](=O)=O.[Al+]. The fourth-order valence-corrected chi connectivity index (χ4v) is 2.92. The topological polar surface area (TPSA) is 149 Å². The van der Waals surface area contributed by atoms with Gasteiger partial charge < -0.3 is 31.6 Å². The zero-order chi connectivity index (χ0) is 18.4. The molecule has 1 aliphatic rings. The first-order valence-electron chi connectivity index (χ1n) is 7.02. The molecule has 0 fully saturated rings. The Morgan fingerprint density at radius 1 is 1.35 bits per heavy atom. The molecule has 0 saturated carbocycles. The Bertz CT molecular complexity index is 686. The van der Waals surface area contributed by atoms with Crippen LogP contribution in [-0.2, 0) is 30.6 Å². The summed E-state index contributed by atoms with van der Waals surface area (Å²) >= 11 is 2.06. The third-order valence-electron chi connectivity index (χ3n) is 3.39. The normalized spacial score (nSPS) is 14.8. The molecule has 0 bridgehead atoms. The first-order valence-corrected chi connectivity index (χ1v) is 8.63. The van der Waals surface area contributed by atoms with Crippen LogP contribution in [0, 0.1) is 0 Å². The molecule has 0 aliphatic carbocycles. The average molecular weight is 414 g/mol. The van der Waals surface area contributed by atoms with Crippen molar-refractivity contribution in [1.29, 1.82) is 0 Å². The number of nitrogens with one attached hydrogen (secondary N) is 3. The van der Waals surface area contributed by atoms with Crippen LogP contribution in [0.3, 0.4) is 0 Å². The molecule has 2 atom stereocenters. The van der Waals surface area contributed by atoms with E-state index in [-0.39, 0.29) is 37.2 Å². The Balaban J connectivity index is 0.00000338. The Labute approximate surface area is 170 Å². The summed E-state index contributed by atoms with van der Waals surface area (Å²) in [6.45, 7) is -0.334. The predicted octanol–water partition coefficient (Wildman–Crippen LogP) is -2.53. The molecular weight excluding hydrogens is 398 g/mol. The number of fused-ring (bicyclic) bond motifs is 1. The second-order valence-corrected chi connectivity index (χ2v) is 6.19. The van der Waals surface area contributed by atoms with Gasteiger partial charge in [-0.3, -0.25) is 15.3 Å². The number of carbonyl (C=O) groups excluding carboxylic acids is 1. The number of hydrogen-bond acceptors (Lipinski definition) is 10. The second-order valence-electron chi connectivity index (χ2n) is 4.95. The Morgan fingerprint density at radius 3 is 2.65 bits per heavy atom. The number of aliphatic hydroxyl groups is 1. The maximum Gasteiger partial charge on any atom is 1.00 e. The minimum atomic E-state index is -2.78. The molecule has 14 heteroatoms. The van der Waals surface area contributed by atoms with Crippen molar-refractivity contribution in [3.05, 3.63) is 23.8 Å². The van der Waals surface area contributed by atoms with Gasteiger partial charge in [-0.1, -0.05) is 6.07 Å². The molecule has 0 saturated heterocycles. The quantitative estimate of drug-likeness (QED) is 0.0970. The summed E-state index contributed by atoms with van der Waals surface area (Å²) < 4.78 is 36.9. The van der Waals surface area contributed by atoms with E-state index < -0.39 is 29.2 Å². The van der Waals surface area contributed by atoms with E-state index in [1.165, 1.54) is 5.48 Å². The number of hydroxylamine groups is 1. The van der Waals surface area contributed by atoms with Crippen LogP contribution < -0.4 is 24.6 Å². The molecule has 138 valence electrons. The van der Waals surface area contributed by atoms with E-state index in [1.807, 2.05) is 0 Å². The monoisotopic (exact) mass is 414 g/mol. The molecule has 1 aliphatic heterocycles. The minimum absolute atomic E-state index is 0. The Hall–Kier alpha value is -0.895. The number of rotatable bonds is 9. The van der Waals surface area contributed by atoms with Gasteiger partial charge >= 0.3 is 17.4 Å². The van der Waals surface area contributed by atoms with Crippen LogP contribution in [0.4, 0.5) is 0 Å². The predicted molar refractivity (Wildman–Crippen MR) is 89.2 cm³/mol. The number of hydrogen-bond donors (Lipinski definition) is 5. The van der Waals surface area contributed by atoms with E-state index in [1.54, 1.807) is 18.2 Å². The molecule has 1 unspecified atom stereocenters. The number of ether oxygens (including phenoxy) is 2. The molecule has 5 N–H and O–H groups in total. The van der Waals surface area contributed by atoms with Gasteiger partial charge in [0.05, 0.1) is 6.04 Å². The third kappa shape index (κ3) is 6.08. The minimum Gasteiger partial charge on any atom is -0.454 e. The van der Waals surface area contributed by atoms with Gasteiger partial charge in [-0.15, -0.1) is 0 Å². The van der Waals surface area contributed by atoms with Crippen molar-refractivity contribution in [2.24, 2.45) is 0 Å². The van der Waals surface area contributed by atoms with Gasteiger partial charge in [-0.05, 0) is 28.6 Å². The maximum atomic E-state index is 11.9. The fourth-order valence-electron chi connectivity index (χ4n) is 2.17. The van der Waals surface area contributed by atoms with E-state index in [2.05, 4.69) is 26.1 Å². The summed E-state index contributed by atoms with van der Waals surface area (Å²) in [4.78, 5) is 11.9. The molecule has 1 amide bonds. The molecule has 1 heterocycles. The molecule has 1 aromatic carbocycles. The van der Waals surface area contributed by atoms with Crippen molar-refractivity contribution in [3.63, 3.8) is 0 Å². The largest absolute Gasteiger partial charge is 1.00 e. The third-order valence-corrected chi connectivity index (χ3v) is 4.47. The van der Waals surface area contributed by atoms with Crippen molar-refractivity contribution in [1.82, 2.24) is 19.4 Å². The van der Waals surface area contributed by atoms with Crippen LogP contribution in [0.1, 0.15) is 5.56 Å². The number of benzene rings is 1. The van der Waals surface area contributed by atoms with Gasteiger partial charge in [0.1, 0.15) is 6.35 Å². The Morgan fingerprint density at radius 2 is 2.04 bits per heavy atom. The van der Waals surface area contributed by atoms with Gasteiger partial charge in [-0.2, -0.15) is 0 Å². The first-order chi connectivity index (χ1) is 12.0. The summed E-state index contributed by atoms with van der Waals surface area (Å²) in [6, 6.07) is 3.56. The molecule has 26 heavy (non-hydrogen) atoms. The number of aliphatic hydroxyl groups excluding tert-OH is 1. The molecule has 2 rings (SSSR count). The van der Waals surface area contributed by atoms with Crippen LogP contribution in [0.2, 0.25) is 0 Å². The zero-order valence-electron chi connectivity index (χ0n) is 13.5. The van der Waals surface area contributed by atoms with Crippen molar-refractivity contribution >= 4 is 50.7 Å². The van der Waals surface area contributed by atoms with Crippen molar-refractivity contribution in [2.45, 2.75) is 18.9 Å². The van der Waals surface area contributed by atoms with E-state index >= 15 is 0 Å². The number of carbonyl (C=O) groups is 1. The van der Waals surface area contributed by atoms with Crippen LogP contribution in [-0.4, -0.2) is 80.1 Å². The summed E-state index contributed by atoms with van der Waals surface area (Å²) in [5.41, 5.74) is 1.97. The van der Waals surface area contributed by atoms with E-state index in [4.69, 9.17) is 14.7 Å². The smallest absolute Gasteiger partial charge is 0.454 e. The second kappa shape index (κ2) is 11.1. The summed E-state index contributed by atoms with van der Waals surface area (Å²) in [7, 11) is -2.78. The summed E-state index contributed by atoms with van der Waals surface area (Å²) in [6.07, 6.45) is -1.19. The van der Waals surface area contributed by atoms with Crippen molar-refractivity contribution in [3.8, 4) is 11.5 Å². The van der Waals surface area contributed by atoms with Gasteiger partial charge in [0, 0.05) is 13.1 Å². The molecule has 1 aromatic rings. The fraction of sp³-hybridized carbons (Fsp3) is 0.417. The van der Waals surface area contributed by atoms with Crippen LogP contribution in [0.25, 0.3) is 0 Å². The van der Waals surface area contributed by atoms with Crippen LogP contribution in [0.5, 0.6) is 11.5 Å². The van der Waals surface area contributed by atoms with Gasteiger partial charge in [0.15, 0.2) is 11.5 Å². The number of amides is 1. The van der Waals surface area contributed by atoms with E-state index in [0.29, 0.717) is 17.1 Å². The molecule has 0 aromatic heterocycles. The Kier molecular flexibility index (Phi) is 9.85. The average Bonchev–Trinajstić information content (AvgIpc) is 3.07. The van der Waals surface area contributed by atoms with E-state index in [0.717, 1.165) is 4.31 Å². The van der Waals surface area contributed by atoms with Gasteiger partial charge in [0.2, 0.25) is 6.79 Å². The molecule has 11 nitrogen and oxygen atoms in total. The van der Waals surface area contributed by atoms with Crippen molar-refractivity contribution in [2.75, 3.05) is 13.3 Å². The van der Waals surface area contributed by atoms with Crippen LogP contribution in [0.15, 0.2) is 18.2 Å². The van der Waals surface area contributed by atoms with Gasteiger partial charge in [-0.25, -0.2) is 5.48 Å². The molecule has 0 spiro atoms. The molecule has 4 radical (unpaired) electrons. The molecular formula is C12H16Al2N4O7S. The zero-order valence-corrected chi connectivity index (χ0v) is 16.6. The standard InChI is InChI=1S/C12H16N4O7S.2Al/c13-12(18)14-4-8(11(17)15-19)16(24(20)21)5-7-1-2-9-10(3-7)23-6-22-9;;/h1-3,8,12-14,18-19H,4-6H2,(H,15,17);;/q-2;2*+1/t8-,12?;;/m1../s1. The van der Waals surface area contributed by atoms with Crippen molar-refractivity contribution < 1.29 is 33.0 Å². The first kappa shape index (κ1) is 23.1. The van der Waals surface area contributed by atoms with E-state index in [9.17, 15) is 18.3 Å². The summed E-state index contributed by atoms with van der Waals surface area (Å²) in [5.74, 6) is 0.0611. The maximum absolute atomic E-state index is 11.9. The van der Waals surface area contributed by atoms with Gasteiger partial charge in [0.25, 0.3) is 22.4 Å². The van der Waals surface area contributed by atoms with Crippen LogP contribution >= 0.6 is 0 Å².